The molecular weight excluding hydrogens is 412 g/mol. The molecule has 2 heterocycles. The van der Waals surface area contributed by atoms with Crippen molar-refractivity contribution in [2.45, 2.75) is 26.3 Å². The van der Waals surface area contributed by atoms with Crippen LogP contribution in [0.25, 0.3) is 11.0 Å². The summed E-state index contributed by atoms with van der Waals surface area (Å²) in [7, 11) is 0. The van der Waals surface area contributed by atoms with Gasteiger partial charge in [-0.25, -0.2) is 4.68 Å². The number of amides is 1. The van der Waals surface area contributed by atoms with Gasteiger partial charge in [-0.2, -0.15) is 10.1 Å². The van der Waals surface area contributed by atoms with E-state index >= 15 is 0 Å². The quantitative estimate of drug-likeness (QED) is 0.537. The van der Waals surface area contributed by atoms with E-state index in [1.165, 1.54) is 6.20 Å². The van der Waals surface area contributed by atoms with Crippen LogP contribution < -0.4 is 16.2 Å². The highest BCUT2D eigenvalue weighted by Crippen LogP contribution is 2.18. The minimum absolute atomic E-state index is 0.166. The molecule has 0 radical (unpaired) electrons. The molecule has 3 rings (SSSR count). The van der Waals surface area contributed by atoms with Crippen LogP contribution in [0.2, 0.25) is 0 Å². The Bertz CT molecular complexity index is 1030. The smallest absolute Gasteiger partial charge is 0.263 e. The highest BCUT2D eigenvalue weighted by Gasteiger charge is 2.19. The first kappa shape index (κ1) is 19.1. The molecule has 2 aromatic heterocycles. The molecule has 0 saturated heterocycles. The van der Waals surface area contributed by atoms with Gasteiger partial charge >= 0.3 is 0 Å². The zero-order chi connectivity index (χ0) is 19.6. The molecule has 0 atom stereocenters. The van der Waals surface area contributed by atoms with Crippen molar-refractivity contribution in [2.24, 2.45) is 0 Å². The number of rotatable bonds is 5. The lowest BCUT2D eigenvalue weighted by Gasteiger charge is -2.19. The van der Waals surface area contributed by atoms with Gasteiger partial charge < -0.3 is 10.6 Å². The third kappa shape index (κ3) is 4.36. The van der Waals surface area contributed by atoms with Crippen LogP contribution in [-0.4, -0.2) is 38.7 Å². The number of anilines is 1. The van der Waals surface area contributed by atoms with Crippen molar-refractivity contribution < 1.29 is 4.79 Å². The molecule has 142 valence electrons. The number of carbonyl (C=O) groups excluding carboxylic acids is 1. The number of aromatic nitrogens is 4. The van der Waals surface area contributed by atoms with Crippen LogP contribution >= 0.6 is 15.9 Å². The minimum Gasteiger partial charge on any atom is -0.354 e. The summed E-state index contributed by atoms with van der Waals surface area (Å²) >= 11 is 3.34. The summed E-state index contributed by atoms with van der Waals surface area (Å²) in [5.41, 5.74) is 0.548. The van der Waals surface area contributed by atoms with E-state index in [2.05, 4.69) is 41.6 Å². The Kier molecular flexibility index (Phi) is 5.31. The predicted octanol–water partition coefficient (Wildman–Crippen LogP) is 2.48. The van der Waals surface area contributed by atoms with E-state index in [4.69, 9.17) is 0 Å². The molecular formula is C18H21BrN6O2. The predicted molar refractivity (Wildman–Crippen MR) is 108 cm³/mol. The van der Waals surface area contributed by atoms with Crippen LogP contribution in [-0.2, 0) is 5.54 Å². The van der Waals surface area contributed by atoms with Gasteiger partial charge in [0, 0.05) is 23.1 Å². The van der Waals surface area contributed by atoms with E-state index in [1.54, 1.807) is 22.9 Å². The molecule has 1 aromatic carbocycles. The number of carbonyl (C=O) groups is 1. The third-order valence-electron chi connectivity index (χ3n) is 3.86. The summed E-state index contributed by atoms with van der Waals surface area (Å²) in [6.07, 6.45) is 1.52. The van der Waals surface area contributed by atoms with Gasteiger partial charge in [0.1, 0.15) is 5.39 Å². The van der Waals surface area contributed by atoms with E-state index < -0.39 is 0 Å². The Labute approximate surface area is 164 Å². The van der Waals surface area contributed by atoms with Gasteiger partial charge in [-0.15, -0.1) is 0 Å². The normalized spacial score (nSPS) is 11.6. The first-order valence-electron chi connectivity index (χ1n) is 8.52. The van der Waals surface area contributed by atoms with E-state index in [9.17, 15) is 9.59 Å². The van der Waals surface area contributed by atoms with Gasteiger partial charge in [0.2, 0.25) is 5.95 Å². The second-order valence-electron chi connectivity index (χ2n) is 7.07. The zero-order valence-electron chi connectivity index (χ0n) is 15.3. The summed E-state index contributed by atoms with van der Waals surface area (Å²) in [5, 5.41) is 10.6. The van der Waals surface area contributed by atoms with Gasteiger partial charge in [0.05, 0.1) is 11.7 Å². The molecule has 0 aliphatic heterocycles. The Morgan fingerprint density at radius 2 is 2.07 bits per heavy atom. The average molecular weight is 433 g/mol. The highest BCUT2D eigenvalue weighted by molar-refractivity contribution is 9.10. The maximum Gasteiger partial charge on any atom is 0.263 e. The van der Waals surface area contributed by atoms with Crippen LogP contribution in [0.5, 0.6) is 0 Å². The SMILES string of the molecule is CC(C)(C)n1ncc2c(=O)[nH]c(NCCNC(=O)c3cccc(Br)c3)nc21. The van der Waals surface area contributed by atoms with Crippen molar-refractivity contribution in [1.29, 1.82) is 0 Å². The summed E-state index contributed by atoms with van der Waals surface area (Å²) in [6.45, 7) is 6.77. The molecule has 9 heteroatoms. The van der Waals surface area contributed by atoms with Crippen molar-refractivity contribution in [3.8, 4) is 0 Å². The fourth-order valence-corrected chi connectivity index (χ4v) is 2.98. The number of hydrogen-bond donors (Lipinski definition) is 3. The minimum atomic E-state index is -0.294. The number of benzene rings is 1. The summed E-state index contributed by atoms with van der Waals surface area (Å²) in [5.74, 6) is 0.177. The van der Waals surface area contributed by atoms with Crippen molar-refractivity contribution in [1.82, 2.24) is 25.1 Å². The van der Waals surface area contributed by atoms with Crippen LogP contribution in [0, 0.1) is 0 Å². The standard InChI is InChI=1S/C18H21BrN6O2/c1-18(2,3)25-14-13(10-22-25)16(27)24-17(23-14)21-8-7-20-15(26)11-5-4-6-12(19)9-11/h4-6,9-10H,7-8H2,1-3H3,(H,20,26)(H2,21,23,24,27). The monoisotopic (exact) mass is 432 g/mol. The summed E-state index contributed by atoms with van der Waals surface area (Å²) < 4.78 is 2.57. The van der Waals surface area contributed by atoms with Crippen LogP contribution in [0.15, 0.2) is 39.7 Å². The Balaban J connectivity index is 1.65. The van der Waals surface area contributed by atoms with Crippen molar-refractivity contribution in [3.63, 3.8) is 0 Å². The molecule has 0 bridgehead atoms. The molecule has 1 amide bonds. The number of nitrogens with one attached hydrogen (secondary N) is 3. The Hall–Kier alpha value is -2.68. The molecule has 3 aromatic rings. The van der Waals surface area contributed by atoms with E-state index in [1.807, 2.05) is 26.8 Å². The fraction of sp³-hybridized carbons (Fsp3) is 0.333. The zero-order valence-corrected chi connectivity index (χ0v) is 16.9. The second-order valence-corrected chi connectivity index (χ2v) is 7.99. The molecule has 0 aliphatic rings. The maximum absolute atomic E-state index is 12.2. The maximum atomic E-state index is 12.2. The first-order chi connectivity index (χ1) is 12.8. The lowest BCUT2D eigenvalue weighted by molar-refractivity contribution is 0.0955. The molecule has 0 unspecified atom stereocenters. The van der Waals surface area contributed by atoms with Crippen molar-refractivity contribution in [2.75, 3.05) is 18.4 Å². The molecule has 0 fully saturated rings. The highest BCUT2D eigenvalue weighted by atomic mass is 79.9. The van der Waals surface area contributed by atoms with Crippen LogP contribution in [0.1, 0.15) is 31.1 Å². The molecule has 0 aliphatic carbocycles. The van der Waals surface area contributed by atoms with E-state index in [0.29, 0.717) is 35.6 Å². The topological polar surface area (TPSA) is 105 Å². The number of fused-ring (bicyclic) bond motifs is 1. The Morgan fingerprint density at radius 1 is 1.30 bits per heavy atom. The molecule has 8 nitrogen and oxygen atoms in total. The van der Waals surface area contributed by atoms with Gasteiger partial charge in [0.15, 0.2) is 5.65 Å². The number of H-pyrrole nitrogens is 1. The number of halogens is 1. The third-order valence-corrected chi connectivity index (χ3v) is 4.36. The largest absolute Gasteiger partial charge is 0.354 e. The summed E-state index contributed by atoms with van der Waals surface area (Å²) in [6, 6.07) is 7.16. The molecule has 0 spiro atoms. The lowest BCUT2D eigenvalue weighted by atomic mass is 10.1. The number of hydrogen-bond acceptors (Lipinski definition) is 5. The summed E-state index contributed by atoms with van der Waals surface area (Å²) in [4.78, 5) is 31.5. The Morgan fingerprint density at radius 3 is 2.78 bits per heavy atom. The number of aromatic amines is 1. The second kappa shape index (κ2) is 7.51. The first-order valence-corrected chi connectivity index (χ1v) is 9.31. The van der Waals surface area contributed by atoms with E-state index in [0.717, 1.165) is 4.47 Å². The van der Waals surface area contributed by atoms with Crippen molar-refractivity contribution >= 4 is 38.8 Å². The number of nitrogens with zero attached hydrogens (tertiary/aromatic N) is 3. The van der Waals surface area contributed by atoms with Crippen LogP contribution in [0.3, 0.4) is 0 Å². The van der Waals surface area contributed by atoms with Crippen LogP contribution in [0.4, 0.5) is 5.95 Å². The van der Waals surface area contributed by atoms with Crippen molar-refractivity contribution in [3.05, 3.63) is 50.9 Å². The van der Waals surface area contributed by atoms with Gasteiger partial charge in [-0.3, -0.25) is 14.6 Å². The van der Waals surface area contributed by atoms with Gasteiger partial charge in [0.25, 0.3) is 11.5 Å². The average Bonchev–Trinajstić information content (AvgIpc) is 3.03. The van der Waals surface area contributed by atoms with E-state index in [-0.39, 0.29) is 17.0 Å². The van der Waals surface area contributed by atoms with Gasteiger partial charge in [-0.1, -0.05) is 22.0 Å². The lowest BCUT2D eigenvalue weighted by Crippen LogP contribution is -2.29. The van der Waals surface area contributed by atoms with Gasteiger partial charge in [-0.05, 0) is 39.0 Å². The molecule has 27 heavy (non-hydrogen) atoms. The molecule has 3 N–H and O–H groups in total. The molecule has 0 saturated carbocycles. The fourth-order valence-electron chi connectivity index (χ4n) is 2.58.